The molecule has 0 aliphatic carbocycles. The first kappa shape index (κ1) is 22.6. The molecule has 3 N–H and O–H groups in total. The molecule has 160 valence electrons. The maximum absolute atomic E-state index is 12.8. The van der Waals surface area contributed by atoms with Gasteiger partial charge in [0.25, 0.3) is 0 Å². The Morgan fingerprint density at radius 2 is 2.07 bits per heavy atom. The lowest BCUT2D eigenvalue weighted by atomic mass is 10.1. The van der Waals surface area contributed by atoms with Crippen molar-refractivity contribution in [3.05, 3.63) is 61.9 Å². The Hall–Kier alpha value is -2.10. The van der Waals surface area contributed by atoms with E-state index in [1.165, 1.54) is 46.0 Å². The molecule has 2 aromatic heterocycles. The summed E-state index contributed by atoms with van der Waals surface area (Å²) in [6.07, 6.45) is 5.10. The number of hydrogen-bond acceptors (Lipinski definition) is 4. The summed E-state index contributed by atoms with van der Waals surface area (Å²) < 4.78 is 28.8. The number of nitrogens with zero attached hydrogens (tertiary/aromatic N) is 2. The van der Waals surface area contributed by atoms with Crippen molar-refractivity contribution in [3.8, 4) is 11.3 Å². The summed E-state index contributed by atoms with van der Waals surface area (Å²) in [6.45, 7) is 3.42. The molecule has 0 saturated heterocycles. The summed E-state index contributed by atoms with van der Waals surface area (Å²) in [4.78, 5) is 13.1. The standard InChI is InChI=1S/C11H11BrN2S.C10H12F2N2O/c1-7-5-8-10(15-7)3-2-4-14-11(8)9(12)6-13-14;11-8-1-7(2-9(12)4-8)3-10(5-13)14-6-15/h5-6H,2-4H2,1H3;1-2,4,6,10H,3,5,13H2,(H,14,15). The number of thiophene rings is 1. The first-order chi connectivity index (χ1) is 14.4. The van der Waals surface area contributed by atoms with Crippen LogP contribution in [0.1, 0.15) is 21.7 Å². The van der Waals surface area contributed by atoms with Gasteiger partial charge in [0.15, 0.2) is 0 Å². The van der Waals surface area contributed by atoms with Crippen LogP contribution >= 0.6 is 27.3 Å². The minimum absolute atomic E-state index is 0.219. The van der Waals surface area contributed by atoms with Crippen LogP contribution in [0.25, 0.3) is 11.3 Å². The summed E-state index contributed by atoms with van der Waals surface area (Å²) in [5.74, 6) is -1.27. The van der Waals surface area contributed by atoms with Gasteiger partial charge in [0.1, 0.15) is 11.6 Å². The number of benzene rings is 1. The number of carbonyl (C=O) groups is 1. The molecule has 5 nitrogen and oxygen atoms in total. The van der Waals surface area contributed by atoms with Crippen molar-refractivity contribution >= 4 is 33.7 Å². The molecule has 1 aromatic carbocycles. The van der Waals surface area contributed by atoms with Crippen LogP contribution in [-0.2, 0) is 24.2 Å². The van der Waals surface area contributed by atoms with Gasteiger partial charge < -0.3 is 11.1 Å². The van der Waals surface area contributed by atoms with Crippen LogP contribution in [-0.4, -0.2) is 28.8 Å². The van der Waals surface area contributed by atoms with Crippen LogP contribution in [0.2, 0.25) is 0 Å². The molecule has 0 radical (unpaired) electrons. The van der Waals surface area contributed by atoms with Gasteiger partial charge in [0.05, 0.1) is 16.4 Å². The van der Waals surface area contributed by atoms with Gasteiger partial charge in [0.2, 0.25) is 6.41 Å². The molecule has 9 heteroatoms. The highest BCUT2D eigenvalue weighted by Crippen LogP contribution is 2.38. The molecule has 1 amide bonds. The highest BCUT2D eigenvalue weighted by molar-refractivity contribution is 9.10. The minimum Gasteiger partial charge on any atom is -0.354 e. The van der Waals surface area contributed by atoms with Crippen molar-refractivity contribution < 1.29 is 13.6 Å². The lowest BCUT2D eigenvalue weighted by Gasteiger charge is -2.13. The van der Waals surface area contributed by atoms with Gasteiger partial charge in [-0.25, -0.2) is 8.78 Å². The Kier molecular flexibility index (Phi) is 7.74. The predicted octanol–water partition coefficient (Wildman–Crippen LogP) is 4.21. The topological polar surface area (TPSA) is 72.9 Å². The van der Waals surface area contributed by atoms with Gasteiger partial charge in [-0.2, -0.15) is 5.10 Å². The number of halogens is 3. The Morgan fingerprint density at radius 1 is 1.33 bits per heavy atom. The average Bonchev–Trinajstić information content (AvgIpc) is 3.18. The Balaban J connectivity index is 0.000000171. The van der Waals surface area contributed by atoms with Crippen molar-refractivity contribution in [2.75, 3.05) is 6.54 Å². The van der Waals surface area contributed by atoms with E-state index in [-0.39, 0.29) is 12.6 Å². The molecule has 0 bridgehead atoms. The molecule has 1 unspecified atom stereocenters. The minimum atomic E-state index is -0.633. The third-order valence-electron chi connectivity index (χ3n) is 4.75. The maximum Gasteiger partial charge on any atom is 0.207 e. The van der Waals surface area contributed by atoms with E-state index < -0.39 is 11.6 Å². The third kappa shape index (κ3) is 5.53. The van der Waals surface area contributed by atoms with E-state index in [9.17, 15) is 13.6 Å². The Bertz CT molecular complexity index is 1000. The van der Waals surface area contributed by atoms with Crippen molar-refractivity contribution in [1.29, 1.82) is 0 Å². The summed E-state index contributed by atoms with van der Waals surface area (Å²) in [7, 11) is 0. The summed E-state index contributed by atoms with van der Waals surface area (Å²) in [6, 6.07) is 5.22. The SMILES string of the molecule is Cc1cc2c(s1)CCCn1ncc(Br)c1-2.NCC(Cc1cc(F)cc(F)c1)NC=O. The first-order valence-corrected chi connectivity index (χ1v) is 11.2. The van der Waals surface area contributed by atoms with Crippen molar-refractivity contribution in [2.45, 2.75) is 38.8 Å². The lowest BCUT2D eigenvalue weighted by Crippen LogP contribution is -2.36. The highest BCUT2D eigenvalue weighted by atomic mass is 79.9. The molecule has 4 rings (SSSR count). The fourth-order valence-electron chi connectivity index (χ4n) is 3.46. The number of aromatic nitrogens is 2. The molecule has 0 spiro atoms. The molecule has 0 fully saturated rings. The molecular weight excluding hydrogens is 474 g/mol. The monoisotopic (exact) mass is 496 g/mol. The average molecular weight is 497 g/mol. The maximum atomic E-state index is 12.8. The number of aryl methyl sites for hydroxylation is 3. The molecule has 30 heavy (non-hydrogen) atoms. The highest BCUT2D eigenvalue weighted by Gasteiger charge is 2.19. The molecule has 1 aliphatic heterocycles. The number of amides is 1. The molecule has 1 atom stereocenters. The second-order valence-electron chi connectivity index (χ2n) is 7.06. The van der Waals surface area contributed by atoms with E-state index in [0.717, 1.165) is 17.1 Å². The Labute approximate surface area is 186 Å². The second-order valence-corrected chi connectivity index (χ2v) is 9.26. The van der Waals surface area contributed by atoms with Gasteiger partial charge in [0, 0.05) is 40.5 Å². The van der Waals surface area contributed by atoms with Crippen LogP contribution in [0.4, 0.5) is 8.78 Å². The number of nitrogens with one attached hydrogen (secondary N) is 1. The quantitative estimate of drug-likeness (QED) is 0.519. The summed E-state index contributed by atoms with van der Waals surface area (Å²) in [5, 5.41) is 6.87. The smallest absolute Gasteiger partial charge is 0.207 e. The fraction of sp³-hybridized carbons (Fsp3) is 0.333. The van der Waals surface area contributed by atoms with Gasteiger partial charge >= 0.3 is 0 Å². The number of fused-ring (bicyclic) bond motifs is 3. The van der Waals surface area contributed by atoms with Crippen LogP contribution < -0.4 is 11.1 Å². The van der Waals surface area contributed by atoms with Crippen molar-refractivity contribution in [3.63, 3.8) is 0 Å². The van der Waals surface area contributed by atoms with Gasteiger partial charge in [-0.05, 0) is 65.9 Å². The molecule has 1 aliphatic rings. The van der Waals surface area contributed by atoms with E-state index in [2.05, 4.69) is 44.0 Å². The van der Waals surface area contributed by atoms with Crippen LogP contribution in [0, 0.1) is 18.6 Å². The molecule has 0 saturated carbocycles. The normalized spacial score (nSPS) is 13.4. The number of nitrogens with two attached hydrogens (primary N) is 1. The predicted molar refractivity (Wildman–Crippen MR) is 118 cm³/mol. The van der Waals surface area contributed by atoms with Crippen LogP contribution in [0.3, 0.4) is 0 Å². The first-order valence-electron chi connectivity index (χ1n) is 9.57. The van der Waals surface area contributed by atoms with E-state index >= 15 is 0 Å². The lowest BCUT2D eigenvalue weighted by molar-refractivity contribution is -0.110. The second kappa shape index (κ2) is 10.3. The van der Waals surface area contributed by atoms with Crippen LogP contribution in [0.15, 0.2) is 34.9 Å². The molecule has 3 aromatic rings. The van der Waals surface area contributed by atoms with Gasteiger partial charge in [-0.3, -0.25) is 9.48 Å². The van der Waals surface area contributed by atoms with Crippen molar-refractivity contribution in [2.24, 2.45) is 5.73 Å². The van der Waals surface area contributed by atoms with Crippen LogP contribution in [0.5, 0.6) is 0 Å². The van der Waals surface area contributed by atoms with E-state index in [4.69, 9.17) is 5.73 Å². The van der Waals surface area contributed by atoms with E-state index in [1.807, 2.05) is 17.5 Å². The summed E-state index contributed by atoms with van der Waals surface area (Å²) >= 11 is 5.50. The van der Waals surface area contributed by atoms with Gasteiger partial charge in [-0.1, -0.05) is 0 Å². The number of rotatable bonds is 5. The zero-order chi connectivity index (χ0) is 21.7. The fourth-order valence-corrected chi connectivity index (χ4v) is 5.04. The van der Waals surface area contributed by atoms with E-state index in [0.29, 0.717) is 18.4 Å². The number of hydrogen-bond donors (Lipinski definition) is 2. The Morgan fingerprint density at radius 3 is 2.73 bits per heavy atom. The molecule has 3 heterocycles. The van der Waals surface area contributed by atoms with E-state index in [1.54, 1.807) is 0 Å². The third-order valence-corrected chi connectivity index (χ3v) is 6.44. The van der Waals surface area contributed by atoms with Gasteiger partial charge in [-0.15, -0.1) is 11.3 Å². The number of carbonyl (C=O) groups excluding carboxylic acids is 1. The zero-order valence-electron chi connectivity index (χ0n) is 16.5. The largest absolute Gasteiger partial charge is 0.354 e. The zero-order valence-corrected chi connectivity index (χ0v) is 18.9. The van der Waals surface area contributed by atoms with Crippen molar-refractivity contribution in [1.82, 2.24) is 15.1 Å². The summed E-state index contributed by atoms with van der Waals surface area (Å²) in [5.41, 5.74) is 8.47. The molecular formula is C21H23BrF2N4OS.